The highest BCUT2D eigenvalue weighted by molar-refractivity contribution is 6.32. The normalized spacial score (nSPS) is 20.2. The molecule has 1 fully saturated rings. The lowest BCUT2D eigenvalue weighted by molar-refractivity contribution is -0.139. The van der Waals surface area contributed by atoms with E-state index in [0.29, 0.717) is 23.0 Å². The summed E-state index contributed by atoms with van der Waals surface area (Å²) in [4.78, 5) is 16.8. The summed E-state index contributed by atoms with van der Waals surface area (Å²) in [6.45, 7) is 6.13. The second-order valence-electron chi connectivity index (χ2n) is 7.28. The first-order chi connectivity index (χ1) is 13.3. The molecule has 5 nitrogen and oxygen atoms in total. The van der Waals surface area contributed by atoms with Crippen LogP contribution in [-0.2, 0) is 11.3 Å². The molecule has 2 aromatic carbocycles. The maximum Gasteiger partial charge on any atom is 0.260 e. The largest absolute Gasteiger partial charge is 0.482 e. The minimum atomic E-state index is -0.234. The number of rotatable bonds is 5. The fraction of sp³-hybridized carbons (Fsp3) is 0.381. The fourth-order valence-electron chi connectivity index (χ4n) is 3.45. The van der Waals surface area contributed by atoms with Crippen molar-refractivity contribution in [1.29, 1.82) is 0 Å². The Kier molecular flexibility index (Phi) is 6.42. The predicted octanol–water partition coefficient (Wildman–Crippen LogP) is 3.56. The van der Waals surface area contributed by atoms with Crippen molar-refractivity contribution in [2.45, 2.75) is 32.5 Å². The van der Waals surface area contributed by atoms with E-state index in [2.05, 4.69) is 11.8 Å². The van der Waals surface area contributed by atoms with Crippen molar-refractivity contribution >= 4 is 23.2 Å². The third-order valence-electron chi connectivity index (χ3n) is 5.04. The van der Waals surface area contributed by atoms with Gasteiger partial charge in [0.05, 0.1) is 5.02 Å². The smallest absolute Gasteiger partial charge is 0.260 e. The number of benzene rings is 2. The van der Waals surface area contributed by atoms with Gasteiger partial charge in [-0.3, -0.25) is 9.69 Å². The maximum atomic E-state index is 13.1. The highest BCUT2D eigenvalue weighted by Crippen LogP contribution is 2.26. The SMILES string of the molecule is C[C@@H]1CN(Cc2ccc(F)cc2)[C@@H](C)CN1C(=O)COc1ccc(N)cc1Cl. The monoisotopic (exact) mass is 405 g/mol. The van der Waals surface area contributed by atoms with Crippen molar-refractivity contribution in [3.8, 4) is 5.75 Å². The average molecular weight is 406 g/mol. The lowest BCUT2D eigenvalue weighted by Crippen LogP contribution is -2.58. The van der Waals surface area contributed by atoms with Crippen molar-refractivity contribution in [3.05, 3.63) is 58.9 Å². The molecule has 0 spiro atoms. The summed E-state index contributed by atoms with van der Waals surface area (Å²) in [6.07, 6.45) is 0. The first-order valence-corrected chi connectivity index (χ1v) is 9.67. The zero-order valence-corrected chi connectivity index (χ0v) is 16.8. The van der Waals surface area contributed by atoms with Gasteiger partial charge in [0.2, 0.25) is 0 Å². The van der Waals surface area contributed by atoms with Gasteiger partial charge in [-0.15, -0.1) is 0 Å². The Labute approximate surface area is 169 Å². The molecular formula is C21H25ClFN3O2. The van der Waals surface area contributed by atoms with Crippen LogP contribution in [0.1, 0.15) is 19.4 Å². The van der Waals surface area contributed by atoms with E-state index >= 15 is 0 Å². The van der Waals surface area contributed by atoms with Crippen LogP contribution in [0.15, 0.2) is 42.5 Å². The third-order valence-corrected chi connectivity index (χ3v) is 5.34. The number of hydrogen-bond acceptors (Lipinski definition) is 4. The van der Waals surface area contributed by atoms with Crippen LogP contribution >= 0.6 is 11.6 Å². The first-order valence-electron chi connectivity index (χ1n) is 9.29. The molecule has 2 aromatic rings. The van der Waals surface area contributed by atoms with Crippen LogP contribution in [-0.4, -0.2) is 47.5 Å². The van der Waals surface area contributed by atoms with Gasteiger partial charge in [-0.1, -0.05) is 23.7 Å². The Morgan fingerprint density at radius 2 is 1.89 bits per heavy atom. The van der Waals surface area contributed by atoms with Crippen LogP contribution in [0.3, 0.4) is 0 Å². The van der Waals surface area contributed by atoms with E-state index in [1.54, 1.807) is 30.3 Å². The summed E-state index contributed by atoms with van der Waals surface area (Å²) in [5, 5.41) is 0.387. The van der Waals surface area contributed by atoms with Crippen molar-refractivity contribution in [2.24, 2.45) is 0 Å². The molecule has 0 saturated carbocycles. The van der Waals surface area contributed by atoms with Crippen LogP contribution in [0.5, 0.6) is 5.75 Å². The topological polar surface area (TPSA) is 58.8 Å². The molecular weight excluding hydrogens is 381 g/mol. The molecule has 1 amide bonds. The number of nitrogens with two attached hydrogens (primary N) is 1. The van der Waals surface area contributed by atoms with E-state index < -0.39 is 0 Å². The van der Waals surface area contributed by atoms with E-state index in [9.17, 15) is 9.18 Å². The summed E-state index contributed by atoms with van der Waals surface area (Å²) in [6, 6.07) is 11.7. The van der Waals surface area contributed by atoms with Gasteiger partial charge in [0.1, 0.15) is 11.6 Å². The number of nitrogen functional groups attached to an aromatic ring is 1. The van der Waals surface area contributed by atoms with Gasteiger partial charge in [0, 0.05) is 37.4 Å². The molecule has 1 saturated heterocycles. The number of ether oxygens (including phenoxy) is 1. The van der Waals surface area contributed by atoms with Crippen LogP contribution in [0.25, 0.3) is 0 Å². The standard InChI is InChI=1S/C21H25ClFN3O2/c1-14-11-26(21(27)13-28-20-8-7-18(24)9-19(20)22)15(2)10-25(14)12-16-3-5-17(23)6-4-16/h3-9,14-15H,10-13,24H2,1-2H3/t14-,15+/m0/s1. The van der Waals surface area contributed by atoms with Crippen LogP contribution in [0, 0.1) is 5.82 Å². The van der Waals surface area contributed by atoms with Crippen LogP contribution in [0.2, 0.25) is 5.02 Å². The quantitative estimate of drug-likeness (QED) is 0.773. The summed E-state index contributed by atoms with van der Waals surface area (Å²) in [5.74, 6) is 0.135. The lowest BCUT2D eigenvalue weighted by Gasteiger charge is -2.44. The Morgan fingerprint density at radius 3 is 2.57 bits per heavy atom. The number of anilines is 1. The molecule has 3 rings (SSSR count). The molecule has 0 bridgehead atoms. The number of halogens is 2. The highest BCUT2D eigenvalue weighted by Gasteiger charge is 2.32. The van der Waals surface area contributed by atoms with Gasteiger partial charge < -0.3 is 15.4 Å². The lowest BCUT2D eigenvalue weighted by atomic mass is 10.1. The zero-order valence-electron chi connectivity index (χ0n) is 16.1. The van der Waals surface area contributed by atoms with E-state index in [0.717, 1.165) is 18.7 Å². The van der Waals surface area contributed by atoms with Crippen LogP contribution < -0.4 is 10.5 Å². The third kappa shape index (κ3) is 4.94. The Balaban J connectivity index is 1.57. The van der Waals surface area contributed by atoms with Gasteiger partial charge in [0.25, 0.3) is 5.91 Å². The molecule has 28 heavy (non-hydrogen) atoms. The number of carbonyl (C=O) groups is 1. The van der Waals surface area contributed by atoms with Crippen molar-refractivity contribution in [2.75, 3.05) is 25.4 Å². The van der Waals surface area contributed by atoms with Crippen molar-refractivity contribution in [1.82, 2.24) is 9.80 Å². The number of hydrogen-bond donors (Lipinski definition) is 1. The van der Waals surface area contributed by atoms with Crippen molar-refractivity contribution < 1.29 is 13.9 Å². The van der Waals surface area contributed by atoms with Crippen LogP contribution in [0.4, 0.5) is 10.1 Å². The second-order valence-corrected chi connectivity index (χ2v) is 7.69. The second kappa shape index (κ2) is 8.80. The molecule has 0 unspecified atom stereocenters. The highest BCUT2D eigenvalue weighted by atomic mass is 35.5. The van der Waals surface area contributed by atoms with E-state index in [-0.39, 0.29) is 30.4 Å². The Morgan fingerprint density at radius 1 is 1.18 bits per heavy atom. The number of amides is 1. The first kappa shape index (κ1) is 20.4. The van der Waals surface area contributed by atoms with Crippen molar-refractivity contribution in [3.63, 3.8) is 0 Å². The number of piperazine rings is 1. The Bertz CT molecular complexity index is 831. The zero-order chi connectivity index (χ0) is 20.3. The molecule has 7 heteroatoms. The number of carbonyl (C=O) groups excluding carboxylic acids is 1. The summed E-state index contributed by atoms with van der Waals surface area (Å²) < 4.78 is 18.7. The molecule has 1 aliphatic rings. The van der Waals surface area contributed by atoms with E-state index in [4.69, 9.17) is 22.1 Å². The molecule has 2 N–H and O–H groups in total. The van der Waals surface area contributed by atoms with Gasteiger partial charge in [0.15, 0.2) is 6.61 Å². The predicted molar refractivity (Wildman–Crippen MR) is 109 cm³/mol. The summed E-state index contributed by atoms with van der Waals surface area (Å²) in [5.41, 5.74) is 7.27. The maximum absolute atomic E-state index is 13.1. The molecule has 1 aliphatic heterocycles. The summed E-state index contributed by atoms with van der Waals surface area (Å²) >= 11 is 6.10. The van der Waals surface area contributed by atoms with Gasteiger partial charge in [-0.25, -0.2) is 4.39 Å². The molecule has 150 valence electrons. The molecule has 0 aromatic heterocycles. The molecule has 0 radical (unpaired) electrons. The summed E-state index contributed by atoms with van der Waals surface area (Å²) in [7, 11) is 0. The van der Waals surface area contributed by atoms with Gasteiger partial charge >= 0.3 is 0 Å². The van der Waals surface area contributed by atoms with Gasteiger partial charge in [-0.05, 0) is 49.7 Å². The Hall–Kier alpha value is -2.31. The number of nitrogens with zero attached hydrogens (tertiary/aromatic N) is 2. The average Bonchev–Trinajstić information content (AvgIpc) is 2.65. The molecule has 1 heterocycles. The molecule has 2 atom stereocenters. The molecule has 0 aliphatic carbocycles. The van der Waals surface area contributed by atoms with Gasteiger partial charge in [-0.2, -0.15) is 0 Å². The van der Waals surface area contributed by atoms with E-state index in [1.165, 1.54) is 12.1 Å². The van der Waals surface area contributed by atoms with E-state index in [1.807, 2.05) is 11.8 Å². The fourth-order valence-corrected chi connectivity index (χ4v) is 3.69. The minimum absolute atomic E-state index is 0.0506. The minimum Gasteiger partial charge on any atom is -0.482 e.